The summed E-state index contributed by atoms with van der Waals surface area (Å²) in [5.74, 6) is -1.01. The molecule has 1 aliphatic heterocycles. The summed E-state index contributed by atoms with van der Waals surface area (Å²) in [6.45, 7) is 1.90. The summed E-state index contributed by atoms with van der Waals surface area (Å²) in [6.07, 6.45) is 4.65. The number of hydrogen-bond donors (Lipinski definition) is 2. The van der Waals surface area contributed by atoms with Gasteiger partial charge in [-0.3, -0.25) is 9.59 Å². The molecule has 2 aliphatic rings. The lowest BCUT2D eigenvalue weighted by Gasteiger charge is -2.24. The number of carbonyl (C=O) groups is 3. The number of rotatable bonds is 6. The molecule has 140 valence electrons. The highest BCUT2D eigenvalue weighted by molar-refractivity contribution is 5.97. The van der Waals surface area contributed by atoms with E-state index in [2.05, 4.69) is 5.32 Å². The molecule has 2 fully saturated rings. The van der Waals surface area contributed by atoms with Crippen molar-refractivity contribution in [3.63, 3.8) is 0 Å². The smallest absolute Gasteiger partial charge is 0.341 e. The van der Waals surface area contributed by atoms with E-state index in [9.17, 15) is 14.4 Å². The number of carboxylic acids is 1. The predicted octanol–water partition coefficient (Wildman–Crippen LogP) is 2.19. The number of aliphatic carboxylic acids is 1. The molecule has 0 aromatic heterocycles. The number of ether oxygens (including phenoxy) is 1. The highest BCUT2D eigenvalue weighted by Gasteiger charge is 2.38. The van der Waals surface area contributed by atoms with E-state index in [1.54, 1.807) is 18.2 Å². The van der Waals surface area contributed by atoms with Gasteiger partial charge >= 0.3 is 5.97 Å². The van der Waals surface area contributed by atoms with Crippen LogP contribution in [0, 0.1) is 12.8 Å². The van der Waals surface area contributed by atoms with E-state index in [1.165, 1.54) is 0 Å². The van der Waals surface area contributed by atoms with Crippen molar-refractivity contribution in [3.8, 4) is 5.75 Å². The fourth-order valence-electron chi connectivity index (χ4n) is 3.72. The van der Waals surface area contributed by atoms with Gasteiger partial charge in [-0.15, -0.1) is 0 Å². The third-order valence-electron chi connectivity index (χ3n) is 5.11. The first-order chi connectivity index (χ1) is 12.4. The van der Waals surface area contributed by atoms with Crippen LogP contribution in [-0.4, -0.2) is 47.0 Å². The fourth-order valence-corrected chi connectivity index (χ4v) is 3.72. The zero-order valence-corrected chi connectivity index (χ0v) is 14.9. The number of hydrogen-bond acceptors (Lipinski definition) is 4. The molecule has 1 aromatic rings. The molecule has 0 bridgehead atoms. The van der Waals surface area contributed by atoms with Crippen LogP contribution in [-0.2, 0) is 14.4 Å². The quantitative estimate of drug-likeness (QED) is 0.811. The first-order valence-corrected chi connectivity index (χ1v) is 8.99. The lowest BCUT2D eigenvalue weighted by atomic mass is 10.1. The Morgan fingerprint density at radius 2 is 2.04 bits per heavy atom. The normalized spacial score (nSPS) is 20.4. The lowest BCUT2D eigenvalue weighted by Crippen LogP contribution is -2.35. The van der Waals surface area contributed by atoms with Crippen LogP contribution in [0.15, 0.2) is 18.2 Å². The maximum Gasteiger partial charge on any atom is 0.341 e. The van der Waals surface area contributed by atoms with Gasteiger partial charge in [-0.1, -0.05) is 12.8 Å². The molecule has 7 nitrogen and oxygen atoms in total. The number of likely N-dealkylation sites (tertiary alicyclic amines) is 1. The zero-order valence-electron chi connectivity index (χ0n) is 14.9. The Labute approximate surface area is 152 Å². The molecule has 1 heterocycles. The number of anilines is 1. The average molecular weight is 360 g/mol. The average Bonchev–Trinajstić information content (AvgIpc) is 3.24. The molecular formula is C19H24N2O5. The van der Waals surface area contributed by atoms with Crippen molar-refractivity contribution in [1.29, 1.82) is 0 Å². The number of carbonyl (C=O) groups excluding carboxylic acids is 2. The van der Waals surface area contributed by atoms with Crippen molar-refractivity contribution in [2.75, 3.05) is 18.5 Å². The minimum absolute atomic E-state index is 0.0752. The minimum atomic E-state index is -1.04. The van der Waals surface area contributed by atoms with Crippen molar-refractivity contribution in [1.82, 2.24) is 4.90 Å². The topological polar surface area (TPSA) is 95.9 Å². The molecule has 1 saturated carbocycles. The summed E-state index contributed by atoms with van der Waals surface area (Å²) in [5.41, 5.74) is 1.42. The van der Waals surface area contributed by atoms with Gasteiger partial charge in [0.25, 0.3) is 0 Å². The van der Waals surface area contributed by atoms with Crippen LogP contribution >= 0.6 is 0 Å². The standard InChI is InChI=1S/C19H24N2O5/c1-12-8-15(26-11-18(23)24)6-7-16(12)20-19(25)13-9-17(22)21(10-13)14-4-2-3-5-14/h6-8,13-14H,2-5,9-11H2,1H3,(H,20,25)(H,23,24). The van der Waals surface area contributed by atoms with Gasteiger partial charge in [0.05, 0.1) is 5.92 Å². The summed E-state index contributed by atoms with van der Waals surface area (Å²) in [5, 5.41) is 11.5. The summed E-state index contributed by atoms with van der Waals surface area (Å²) >= 11 is 0. The predicted molar refractivity (Wildman–Crippen MR) is 95.0 cm³/mol. The molecule has 2 amide bonds. The van der Waals surface area contributed by atoms with Crippen molar-refractivity contribution >= 4 is 23.5 Å². The SMILES string of the molecule is Cc1cc(OCC(=O)O)ccc1NC(=O)C1CC(=O)N(C2CCCC2)C1. The van der Waals surface area contributed by atoms with Gasteiger partial charge in [0.2, 0.25) is 11.8 Å². The Kier molecular flexibility index (Phi) is 5.44. The van der Waals surface area contributed by atoms with Gasteiger partial charge in [-0.2, -0.15) is 0 Å². The molecule has 1 aliphatic carbocycles. The molecule has 0 spiro atoms. The lowest BCUT2D eigenvalue weighted by molar-refractivity contribution is -0.139. The summed E-state index contributed by atoms with van der Waals surface area (Å²) in [6, 6.07) is 5.29. The van der Waals surface area contributed by atoms with Crippen LogP contribution in [0.1, 0.15) is 37.7 Å². The van der Waals surface area contributed by atoms with Gasteiger partial charge < -0.3 is 20.1 Å². The van der Waals surface area contributed by atoms with E-state index in [-0.39, 0.29) is 24.2 Å². The van der Waals surface area contributed by atoms with Crippen LogP contribution in [0.2, 0.25) is 0 Å². The Bertz CT molecular complexity index is 712. The fraction of sp³-hybridized carbons (Fsp3) is 0.526. The number of aryl methyl sites for hydroxylation is 1. The van der Waals surface area contributed by atoms with Crippen LogP contribution in [0.25, 0.3) is 0 Å². The molecule has 1 saturated heterocycles. The summed E-state index contributed by atoms with van der Waals surface area (Å²) < 4.78 is 5.13. The molecule has 0 radical (unpaired) electrons. The van der Waals surface area contributed by atoms with Crippen molar-refractivity contribution in [2.24, 2.45) is 5.92 Å². The maximum absolute atomic E-state index is 12.6. The second-order valence-corrected chi connectivity index (χ2v) is 7.03. The Balaban J connectivity index is 1.59. The number of amides is 2. The van der Waals surface area contributed by atoms with Gasteiger partial charge in [0, 0.05) is 24.7 Å². The Morgan fingerprint density at radius 1 is 1.31 bits per heavy atom. The molecular weight excluding hydrogens is 336 g/mol. The number of nitrogens with one attached hydrogen (secondary N) is 1. The highest BCUT2D eigenvalue weighted by Crippen LogP contribution is 2.30. The van der Waals surface area contributed by atoms with Gasteiger partial charge in [0.15, 0.2) is 6.61 Å². The van der Waals surface area contributed by atoms with Crippen molar-refractivity contribution in [3.05, 3.63) is 23.8 Å². The molecule has 1 unspecified atom stereocenters. The number of benzene rings is 1. The molecule has 1 atom stereocenters. The largest absolute Gasteiger partial charge is 0.482 e. The summed E-state index contributed by atoms with van der Waals surface area (Å²) in [7, 11) is 0. The molecule has 7 heteroatoms. The van der Waals surface area contributed by atoms with Crippen LogP contribution in [0.3, 0.4) is 0 Å². The Morgan fingerprint density at radius 3 is 2.69 bits per heavy atom. The maximum atomic E-state index is 12.6. The molecule has 2 N–H and O–H groups in total. The van der Waals surface area contributed by atoms with Gasteiger partial charge in [0.1, 0.15) is 5.75 Å². The second kappa shape index (κ2) is 7.76. The summed E-state index contributed by atoms with van der Waals surface area (Å²) in [4.78, 5) is 37.3. The molecule has 3 rings (SSSR count). The van der Waals surface area contributed by atoms with Gasteiger partial charge in [-0.25, -0.2) is 4.79 Å². The van der Waals surface area contributed by atoms with Crippen LogP contribution < -0.4 is 10.1 Å². The van der Waals surface area contributed by atoms with Gasteiger partial charge in [-0.05, 0) is 43.5 Å². The van der Waals surface area contributed by atoms with Crippen molar-refractivity contribution in [2.45, 2.75) is 45.1 Å². The second-order valence-electron chi connectivity index (χ2n) is 7.03. The minimum Gasteiger partial charge on any atom is -0.482 e. The number of nitrogens with zero attached hydrogens (tertiary/aromatic N) is 1. The van der Waals surface area contributed by atoms with E-state index in [0.29, 0.717) is 24.0 Å². The molecule has 1 aromatic carbocycles. The van der Waals surface area contributed by atoms with E-state index < -0.39 is 12.6 Å². The third kappa shape index (κ3) is 4.15. The van der Waals surface area contributed by atoms with Crippen molar-refractivity contribution < 1.29 is 24.2 Å². The number of carboxylic acid groups (broad SMARTS) is 1. The van der Waals surface area contributed by atoms with Crippen LogP contribution in [0.5, 0.6) is 5.75 Å². The van der Waals surface area contributed by atoms with E-state index in [0.717, 1.165) is 31.2 Å². The first-order valence-electron chi connectivity index (χ1n) is 8.99. The van der Waals surface area contributed by atoms with E-state index in [4.69, 9.17) is 9.84 Å². The van der Waals surface area contributed by atoms with E-state index in [1.807, 2.05) is 11.8 Å². The third-order valence-corrected chi connectivity index (χ3v) is 5.11. The first kappa shape index (κ1) is 18.2. The monoisotopic (exact) mass is 360 g/mol. The van der Waals surface area contributed by atoms with Crippen LogP contribution in [0.4, 0.5) is 5.69 Å². The molecule has 26 heavy (non-hydrogen) atoms. The zero-order chi connectivity index (χ0) is 18.7. The Hall–Kier alpha value is -2.57. The highest BCUT2D eigenvalue weighted by atomic mass is 16.5. The van der Waals surface area contributed by atoms with E-state index >= 15 is 0 Å².